The Labute approximate surface area is 170 Å². The van der Waals surface area contributed by atoms with E-state index in [-0.39, 0.29) is 17.3 Å². The molecule has 8 heteroatoms. The first-order valence-corrected chi connectivity index (χ1v) is 11.0. The molecule has 0 atom stereocenters. The molecule has 2 aromatic rings. The predicted molar refractivity (Wildman–Crippen MR) is 110 cm³/mol. The van der Waals surface area contributed by atoms with E-state index in [1.165, 1.54) is 16.4 Å². The smallest absolute Gasteiger partial charge is 0.262 e. The van der Waals surface area contributed by atoms with Crippen LogP contribution < -0.4 is 10.1 Å². The molecule has 1 amide bonds. The van der Waals surface area contributed by atoms with E-state index in [1.54, 1.807) is 43.3 Å². The molecule has 29 heavy (non-hydrogen) atoms. The quantitative estimate of drug-likeness (QED) is 0.668. The number of nitrogens with one attached hydrogen (secondary N) is 1. The molecule has 1 N–H and O–H groups in total. The van der Waals surface area contributed by atoms with Crippen molar-refractivity contribution in [1.82, 2.24) is 4.31 Å². The van der Waals surface area contributed by atoms with Gasteiger partial charge < -0.3 is 10.1 Å². The van der Waals surface area contributed by atoms with Gasteiger partial charge in [-0.2, -0.15) is 4.31 Å². The lowest BCUT2D eigenvalue weighted by Crippen LogP contribution is -2.28. The van der Waals surface area contributed by atoms with Gasteiger partial charge in [-0.05, 0) is 55.3 Å². The van der Waals surface area contributed by atoms with Crippen LogP contribution in [0, 0.1) is 0 Å². The van der Waals surface area contributed by atoms with Crippen molar-refractivity contribution in [2.45, 2.75) is 31.1 Å². The first-order chi connectivity index (χ1) is 13.9. The van der Waals surface area contributed by atoms with Crippen LogP contribution in [0.25, 0.3) is 0 Å². The van der Waals surface area contributed by atoms with Gasteiger partial charge in [0.15, 0.2) is 12.4 Å². The molecule has 0 saturated carbocycles. The third-order valence-corrected chi connectivity index (χ3v) is 6.58. The molecule has 1 saturated heterocycles. The summed E-state index contributed by atoms with van der Waals surface area (Å²) in [6.45, 7) is 2.61. The van der Waals surface area contributed by atoms with E-state index in [0.29, 0.717) is 36.5 Å². The topological polar surface area (TPSA) is 92.8 Å². The van der Waals surface area contributed by atoms with Crippen LogP contribution in [0.2, 0.25) is 0 Å². The lowest BCUT2D eigenvalue weighted by Gasteiger charge is -2.16. The zero-order valence-electron chi connectivity index (χ0n) is 16.3. The van der Waals surface area contributed by atoms with Gasteiger partial charge in [-0.15, -0.1) is 0 Å². The largest absolute Gasteiger partial charge is 0.484 e. The summed E-state index contributed by atoms with van der Waals surface area (Å²) in [5, 5.41) is 2.65. The van der Waals surface area contributed by atoms with E-state index in [9.17, 15) is 18.0 Å². The summed E-state index contributed by atoms with van der Waals surface area (Å²) in [5.41, 5.74) is 0.989. The van der Waals surface area contributed by atoms with Gasteiger partial charge in [0.25, 0.3) is 5.91 Å². The van der Waals surface area contributed by atoms with Crippen LogP contribution in [0.3, 0.4) is 0 Å². The summed E-state index contributed by atoms with van der Waals surface area (Å²) < 4.78 is 32.2. The van der Waals surface area contributed by atoms with E-state index in [4.69, 9.17) is 4.74 Å². The monoisotopic (exact) mass is 416 g/mol. The van der Waals surface area contributed by atoms with Crippen LogP contribution in [0.5, 0.6) is 5.75 Å². The molecule has 7 nitrogen and oxygen atoms in total. The van der Waals surface area contributed by atoms with Crippen molar-refractivity contribution in [2.75, 3.05) is 25.0 Å². The maximum absolute atomic E-state index is 12.6. The van der Waals surface area contributed by atoms with Crippen molar-refractivity contribution in [3.63, 3.8) is 0 Å². The third-order valence-electron chi connectivity index (χ3n) is 4.69. The number of carbonyl (C=O) groups is 2. The number of hydrogen-bond acceptors (Lipinski definition) is 5. The number of carbonyl (C=O) groups excluding carboxylic acids is 2. The van der Waals surface area contributed by atoms with Crippen molar-refractivity contribution in [1.29, 1.82) is 0 Å². The Morgan fingerprint density at radius 3 is 2.41 bits per heavy atom. The van der Waals surface area contributed by atoms with Gasteiger partial charge in [0.2, 0.25) is 10.0 Å². The number of anilines is 1. The SMILES string of the molecule is CCC(=O)c1ccc(OCC(=O)Nc2cccc(S(=O)(=O)N3CCCC3)c2)cc1. The van der Waals surface area contributed by atoms with Crippen molar-refractivity contribution in [3.05, 3.63) is 54.1 Å². The number of ketones is 1. The summed E-state index contributed by atoms with van der Waals surface area (Å²) in [5.74, 6) is 0.102. The Hall–Kier alpha value is -2.71. The summed E-state index contributed by atoms with van der Waals surface area (Å²) >= 11 is 0. The molecule has 1 aliphatic heterocycles. The maximum Gasteiger partial charge on any atom is 0.262 e. The van der Waals surface area contributed by atoms with Crippen molar-refractivity contribution >= 4 is 27.4 Å². The fraction of sp³-hybridized carbons (Fsp3) is 0.333. The number of amides is 1. The highest BCUT2D eigenvalue weighted by Gasteiger charge is 2.27. The highest BCUT2D eigenvalue weighted by atomic mass is 32.2. The van der Waals surface area contributed by atoms with Gasteiger partial charge >= 0.3 is 0 Å². The molecule has 0 bridgehead atoms. The Morgan fingerprint density at radius 1 is 1.07 bits per heavy atom. The lowest BCUT2D eigenvalue weighted by atomic mass is 10.1. The van der Waals surface area contributed by atoms with E-state index < -0.39 is 15.9 Å². The zero-order valence-corrected chi connectivity index (χ0v) is 17.1. The standard InChI is InChI=1S/C21H24N2O5S/c1-2-20(24)16-8-10-18(11-9-16)28-15-21(25)22-17-6-5-7-19(14-17)29(26,27)23-12-3-4-13-23/h5-11,14H,2-4,12-13,15H2,1H3,(H,22,25). The van der Waals surface area contributed by atoms with Crippen LogP contribution in [0.15, 0.2) is 53.4 Å². The second-order valence-corrected chi connectivity index (χ2v) is 8.71. The maximum atomic E-state index is 12.6. The van der Waals surface area contributed by atoms with Crippen LogP contribution in [0.1, 0.15) is 36.5 Å². The molecule has 0 unspecified atom stereocenters. The Bertz CT molecular complexity index is 980. The van der Waals surface area contributed by atoms with Crippen LogP contribution in [-0.2, 0) is 14.8 Å². The third kappa shape index (κ3) is 5.21. The molecular formula is C21H24N2O5S. The Kier molecular flexibility index (Phi) is 6.66. The summed E-state index contributed by atoms with van der Waals surface area (Å²) in [7, 11) is -3.54. The molecule has 0 spiro atoms. The van der Waals surface area contributed by atoms with Gasteiger partial charge in [-0.25, -0.2) is 8.42 Å². The molecule has 0 aliphatic carbocycles. The molecule has 0 aromatic heterocycles. The Balaban J connectivity index is 1.59. The molecule has 2 aromatic carbocycles. The number of rotatable bonds is 8. The van der Waals surface area contributed by atoms with Gasteiger partial charge in [0.1, 0.15) is 5.75 Å². The van der Waals surface area contributed by atoms with Crippen LogP contribution in [0.4, 0.5) is 5.69 Å². The first kappa shape index (κ1) is 21.0. The average Bonchev–Trinajstić information content (AvgIpc) is 3.28. The minimum Gasteiger partial charge on any atom is -0.484 e. The highest BCUT2D eigenvalue weighted by molar-refractivity contribution is 7.89. The van der Waals surface area contributed by atoms with Crippen LogP contribution in [-0.4, -0.2) is 44.1 Å². The van der Waals surface area contributed by atoms with Gasteiger partial charge in [-0.3, -0.25) is 9.59 Å². The fourth-order valence-corrected chi connectivity index (χ4v) is 4.66. The molecular weight excluding hydrogens is 392 g/mol. The zero-order chi connectivity index (χ0) is 20.9. The molecule has 1 aliphatic rings. The number of ether oxygens (including phenoxy) is 1. The number of nitrogens with zero attached hydrogens (tertiary/aromatic N) is 1. The molecule has 3 rings (SSSR count). The summed E-state index contributed by atoms with van der Waals surface area (Å²) in [6, 6.07) is 12.8. The van der Waals surface area contributed by atoms with E-state index in [2.05, 4.69) is 5.32 Å². The molecule has 154 valence electrons. The van der Waals surface area contributed by atoms with Gasteiger partial charge in [-0.1, -0.05) is 13.0 Å². The predicted octanol–water partition coefficient (Wildman–Crippen LogP) is 3.08. The number of Topliss-reactive ketones (excluding diaryl/α,β-unsaturated/α-hetero) is 1. The Morgan fingerprint density at radius 2 is 1.76 bits per heavy atom. The van der Waals surface area contributed by atoms with Crippen molar-refractivity contribution in [3.8, 4) is 5.75 Å². The minimum absolute atomic E-state index is 0.0399. The number of hydrogen-bond donors (Lipinski definition) is 1. The second kappa shape index (κ2) is 9.19. The van der Waals surface area contributed by atoms with Crippen LogP contribution >= 0.6 is 0 Å². The van der Waals surface area contributed by atoms with Gasteiger partial charge in [0, 0.05) is 30.8 Å². The van der Waals surface area contributed by atoms with E-state index in [1.807, 2.05) is 0 Å². The molecule has 0 radical (unpaired) electrons. The first-order valence-electron chi connectivity index (χ1n) is 9.56. The van der Waals surface area contributed by atoms with Crippen molar-refractivity contribution < 1.29 is 22.7 Å². The van der Waals surface area contributed by atoms with Gasteiger partial charge in [0.05, 0.1) is 4.90 Å². The minimum atomic E-state index is -3.54. The van der Waals surface area contributed by atoms with E-state index in [0.717, 1.165) is 12.8 Å². The normalized spacial score (nSPS) is 14.5. The van der Waals surface area contributed by atoms with E-state index >= 15 is 0 Å². The number of benzene rings is 2. The average molecular weight is 416 g/mol. The summed E-state index contributed by atoms with van der Waals surface area (Å²) in [4.78, 5) is 24.0. The summed E-state index contributed by atoms with van der Waals surface area (Å²) in [6.07, 6.45) is 2.15. The fourth-order valence-electron chi connectivity index (χ4n) is 3.10. The lowest BCUT2D eigenvalue weighted by molar-refractivity contribution is -0.118. The number of sulfonamides is 1. The highest BCUT2D eigenvalue weighted by Crippen LogP contribution is 2.23. The molecule has 1 heterocycles. The molecule has 1 fully saturated rings. The van der Waals surface area contributed by atoms with Crippen molar-refractivity contribution in [2.24, 2.45) is 0 Å². The second-order valence-electron chi connectivity index (χ2n) is 6.78.